The second kappa shape index (κ2) is 5.91. The summed E-state index contributed by atoms with van der Waals surface area (Å²) in [5.74, 6) is 3.57. The van der Waals surface area contributed by atoms with Crippen LogP contribution in [0.2, 0.25) is 0 Å². The van der Waals surface area contributed by atoms with Crippen LogP contribution in [0.3, 0.4) is 0 Å². The molecule has 0 saturated carbocycles. The van der Waals surface area contributed by atoms with Crippen LogP contribution < -0.4 is 5.32 Å². The molecule has 2 heterocycles. The molecule has 1 aliphatic heterocycles. The number of hydrogen-bond donors (Lipinski definition) is 1. The third-order valence-electron chi connectivity index (χ3n) is 3.73. The Morgan fingerprint density at radius 2 is 2.06 bits per heavy atom. The fourth-order valence-corrected chi connectivity index (χ4v) is 3.63. The van der Waals surface area contributed by atoms with Gasteiger partial charge in [-0.05, 0) is 50.7 Å². The molecule has 0 unspecified atom stereocenters. The van der Waals surface area contributed by atoms with Gasteiger partial charge in [-0.15, -0.1) is 0 Å². The standard InChI is InChI=1S/C13H23N3S/c1-10-13(11(2)16(3)15-10)9-14-8-12-4-6-17-7-5-12/h12,14H,4-9H2,1-3H3. The second-order valence-electron chi connectivity index (χ2n) is 4.96. The van der Waals surface area contributed by atoms with E-state index in [1.165, 1.54) is 35.6 Å². The molecular formula is C13H23N3S. The number of aryl methyl sites for hydroxylation is 2. The summed E-state index contributed by atoms with van der Waals surface area (Å²) in [6.45, 7) is 6.37. The molecular weight excluding hydrogens is 230 g/mol. The molecule has 2 rings (SSSR count). The third kappa shape index (κ3) is 3.26. The molecule has 1 N–H and O–H groups in total. The highest BCUT2D eigenvalue weighted by molar-refractivity contribution is 7.99. The monoisotopic (exact) mass is 253 g/mol. The summed E-state index contributed by atoms with van der Waals surface area (Å²) in [4.78, 5) is 0. The molecule has 1 fully saturated rings. The van der Waals surface area contributed by atoms with Gasteiger partial charge in [-0.25, -0.2) is 0 Å². The van der Waals surface area contributed by atoms with Gasteiger partial charge in [0, 0.05) is 24.8 Å². The zero-order valence-corrected chi connectivity index (χ0v) is 11.9. The zero-order valence-electron chi connectivity index (χ0n) is 11.1. The Morgan fingerprint density at radius 3 is 2.65 bits per heavy atom. The fraction of sp³-hybridized carbons (Fsp3) is 0.769. The van der Waals surface area contributed by atoms with Crippen molar-refractivity contribution in [1.29, 1.82) is 0 Å². The van der Waals surface area contributed by atoms with Gasteiger partial charge in [0.05, 0.1) is 5.69 Å². The van der Waals surface area contributed by atoms with Crippen molar-refractivity contribution in [2.24, 2.45) is 13.0 Å². The summed E-state index contributed by atoms with van der Waals surface area (Å²) in [6, 6.07) is 0. The van der Waals surface area contributed by atoms with Crippen LogP contribution in [0, 0.1) is 19.8 Å². The Hall–Kier alpha value is -0.480. The van der Waals surface area contributed by atoms with Crippen LogP contribution in [0.5, 0.6) is 0 Å². The fourth-order valence-electron chi connectivity index (χ4n) is 2.43. The van der Waals surface area contributed by atoms with E-state index in [1.54, 1.807) is 0 Å². The van der Waals surface area contributed by atoms with E-state index in [0.29, 0.717) is 0 Å². The molecule has 0 atom stereocenters. The van der Waals surface area contributed by atoms with Crippen molar-refractivity contribution in [2.45, 2.75) is 33.2 Å². The van der Waals surface area contributed by atoms with E-state index >= 15 is 0 Å². The minimum atomic E-state index is 0.883. The first-order valence-corrected chi connectivity index (χ1v) is 7.61. The van der Waals surface area contributed by atoms with E-state index in [1.807, 2.05) is 11.7 Å². The number of aromatic nitrogens is 2. The second-order valence-corrected chi connectivity index (χ2v) is 6.18. The van der Waals surface area contributed by atoms with Crippen LogP contribution >= 0.6 is 11.8 Å². The molecule has 0 aromatic carbocycles. The van der Waals surface area contributed by atoms with Gasteiger partial charge >= 0.3 is 0 Å². The minimum absolute atomic E-state index is 0.883. The number of thioether (sulfide) groups is 1. The van der Waals surface area contributed by atoms with Gasteiger partial charge in [0.2, 0.25) is 0 Å². The summed E-state index contributed by atoms with van der Waals surface area (Å²) in [6.07, 6.45) is 2.76. The quantitative estimate of drug-likeness (QED) is 0.893. The van der Waals surface area contributed by atoms with Gasteiger partial charge in [-0.3, -0.25) is 4.68 Å². The van der Waals surface area contributed by atoms with Crippen molar-refractivity contribution in [3.63, 3.8) is 0 Å². The zero-order chi connectivity index (χ0) is 12.3. The number of nitrogens with one attached hydrogen (secondary N) is 1. The highest BCUT2D eigenvalue weighted by Crippen LogP contribution is 2.22. The van der Waals surface area contributed by atoms with Crippen LogP contribution in [0.15, 0.2) is 0 Å². The van der Waals surface area contributed by atoms with Crippen LogP contribution in [0.25, 0.3) is 0 Å². The molecule has 0 aliphatic carbocycles. The first-order valence-electron chi connectivity index (χ1n) is 6.46. The van der Waals surface area contributed by atoms with Crippen LogP contribution in [-0.2, 0) is 13.6 Å². The average molecular weight is 253 g/mol. The molecule has 17 heavy (non-hydrogen) atoms. The highest BCUT2D eigenvalue weighted by Gasteiger charge is 2.14. The van der Waals surface area contributed by atoms with E-state index < -0.39 is 0 Å². The van der Waals surface area contributed by atoms with E-state index in [4.69, 9.17) is 0 Å². The maximum atomic E-state index is 4.45. The number of nitrogens with zero attached hydrogens (tertiary/aromatic N) is 2. The average Bonchev–Trinajstić information content (AvgIpc) is 2.57. The lowest BCUT2D eigenvalue weighted by Gasteiger charge is -2.21. The molecule has 1 saturated heterocycles. The smallest absolute Gasteiger partial charge is 0.0641 e. The Labute approximate surface area is 108 Å². The van der Waals surface area contributed by atoms with E-state index in [0.717, 1.165) is 24.7 Å². The maximum Gasteiger partial charge on any atom is 0.0641 e. The summed E-state index contributed by atoms with van der Waals surface area (Å²) < 4.78 is 1.98. The van der Waals surface area contributed by atoms with Crippen molar-refractivity contribution in [1.82, 2.24) is 15.1 Å². The molecule has 0 spiro atoms. The molecule has 0 radical (unpaired) electrons. The molecule has 1 aromatic rings. The summed E-state index contributed by atoms with van der Waals surface area (Å²) >= 11 is 2.10. The lowest BCUT2D eigenvalue weighted by atomic mass is 10.0. The lowest BCUT2D eigenvalue weighted by molar-refractivity contribution is 0.447. The van der Waals surface area contributed by atoms with Gasteiger partial charge in [0.15, 0.2) is 0 Å². The summed E-state index contributed by atoms with van der Waals surface area (Å²) in [7, 11) is 2.02. The van der Waals surface area contributed by atoms with Crippen LogP contribution in [-0.4, -0.2) is 27.8 Å². The van der Waals surface area contributed by atoms with Crippen molar-refractivity contribution in [2.75, 3.05) is 18.1 Å². The topological polar surface area (TPSA) is 29.9 Å². The Morgan fingerprint density at radius 1 is 1.35 bits per heavy atom. The Kier molecular flexibility index (Phi) is 4.51. The number of hydrogen-bond acceptors (Lipinski definition) is 3. The molecule has 4 heteroatoms. The van der Waals surface area contributed by atoms with E-state index in [9.17, 15) is 0 Å². The lowest BCUT2D eigenvalue weighted by Crippen LogP contribution is -2.25. The first kappa shape index (κ1) is 13.0. The molecule has 1 aromatic heterocycles. The van der Waals surface area contributed by atoms with Gasteiger partial charge in [-0.2, -0.15) is 16.9 Å². The summed E-state index contributed by atoms with van der Waals surface area (Å²) in [5.41, 5.74) is 3.82. The van der Waals surface area contributed by atoms with Crippen molar-refractivity contribution in [3.05, 3.63) is 17.0 Å². The molecule has 3 nitrogen and oxygen atoms in total. The summed E-state index contributed by atoms with van der Waals surface area (Å²) in [5, 5.41) is 8.05. The minimum Gasteiger partial charge on any atom is -0.312 e. The van der Waals surface area contributed by atoms with E-state index in [2.05, 4.69) is 36.0 Å². The van der Waals surface area contributed by atoms with Crippen LogP contribution in [0.1, 0.15) is 29.8 Å². The van der Waals surface area contributed by atoms with Gasteiger partial charge in [0.25, 0.3) is 0 Å². The van der Waals surface area contributed by atoms with Crippen molar-refractivity contribution >= 4 is 11.8 Å². The number of rotatable bonds is 4. The molecule has 0 bridgehead atoms. The van der Waals surface area contributed by atoms with Crippen molar-refractivity contribution < 1.29 is 0 Å². The molecule has 0 amide bonds. The predicted octanol–water partition coefficient (Wildman–Crippen LogP) is 2.27. The van der Waals surface area contributed by atoms with Crippen molar-refractivity contribution in [3.8, 4) is 0 Å². The van der Waals surface area contributed by atoms with Gasteiger partial charge in [-0.1, -0.05) is 0 Å². The normalized spacial score (nSPS) is 17.6. The predicted molar refractivity (Wildman–Crippen MR) is 74.4 cm³/mol. The van der Waals surface area contributed by atoms with Gasteiger partial charge < -0.3 is 5.32 Å². The SMILES string of the molecule is Cc1nn(C)c(C)c1CNCC1CCSCC1. The Balaban J connectivity index is 1.81. The highest BCUT2D eigenvalue weighted by atomic mass is 32.2. The third-order valence-corrected chi connectivity index (χ3v) is 4.78. The first-order chi connectivity index (χ1) is 8.18. The largest absolute Gasteiger partial charge is 0.312 e. The maximum absolute atomic E-state index is 4.45. The van der Waals surface area contributed by atoms with Crippen LogP contribution in [0.4, 0.5) is 0 Å². The molecule has 1 aliphatic rings. The molecule has 96 valence electrons. The van der Waals surface area contributed by atoms with E-state index in [-0.39, 0.29) is 0 Å². The van der Waals surface area contributed by atoms with Gasteiger partial charge in [0.1, 0.15) is 0 Å². The Bertz CT molecular complexity index is 367.